The monoisotopic (exact) mass is 432 g/mol. The summed E-state index contributed by atoms with van der Waals surface area (Å²) in [5.74, 6) is 0. The van der Waals surface area contributed by atoms with Gasteiger partial charge in [-0.1, -0.05) is 29.8 Å². The van der Waals surface area contributed by atoms with Crippen molar-refractivity contribution < 1.29 is 21.6 Å². The molecule has 8 heteroatoms. The van der Waals surface area contributed by atoms with Gasteiger partial charge in [-0.25, -0.2) is 8.42 Å². The van der Waals surface area contributed by atoms with Crippen molar-refractivity contribution in [2.45, 2.75) is 30.8 Å². The van der Waals surface area contributed by atoms with Gasteiger partial charge in [0.2, 0.25) is 0 Å². The molecule has 0 spiro atoms. The fourth-order valence-electron chi connectivity index (χ4n) is 3.52. The van der Waals surface area contributed by atoms with E-state index in [1.807, 2.05) is 6.92 Å². The van der Waals surface area contributed by atoms with Crippen molar-refractivity contribution in [2.24, 2.45) is 0 Å². The molecular formula is C22H19F3N2O2S. The van der Waals surface area contributed by atoms with E-state index >= 15 is 0 Å². The van der Waals surface area contributed by atoms with Crippen LogP contribution < -0.4 is 4.31 Å². The van der Waals surface area contributed by atoms with E-state index in [9.17, 15) is 21.6 Å². The second-order valence-corrected chi connectivity index (χ2v) is 9.13. The van der Waals surface area contributed by atoms with E-state index < -0.39 is 21.8 Å². The molecule has 3 aromatic rings. The molecule has 156 valence electrons. The van der Waals surface area contributed by atoms with Gasteiger partial charge in [0.15, 0.2) is 0 Å². The Morgan fingerprint density at radius 1 is 1.00 bits per heavy atom. The third kappa shape index (κ3) is 3.79. The highest BCUT2D eigenvalue weighted by atomic mass is 32.2. The van der Waals surface area contributed by atoms with Gasteiger partial charge in [0.25, 0.3) is 10.0 Å². The van der Waals surface area contributed by atoms with Crippen molar-refractivity contribution in [3.8, 4) is 11.3 Å². The molecule has 1 aromatic heterocycles. The SMILES string of the molecule is Cc1ccc(S(=O)(=O)N2CCCc3cc(-c4ccc(C(F)(F)F)cc4)ncc32)cc1. The first-order valence-corrected chi connectivity index (χ1v) is 10.9. The molecule has 1 aliphatic rings. The first-order chi connectivity index (χ1) is 14.2. The molecule has 1 aliphatic heterocycles. The summed E-state index contributed by atoms with van der Waals surface area (Å²) in [6, 6.07) is 13.2. The zero-order chi connectivity index (χ0) is 21.5. The number of pyridine rings is 1. The molecule has 4 rings (SSSR count). The summed E-state index contributed by atoms with van der Waals surface area (Å²) in [5, 5.41) is 0. The van der Waals surface area contributed by atoms with Crippen molar-refractivity contribution in [3.05, 3.63) is 77.5 Å². The fraction of sp³-hybridized carbons (Fsp3) is 0.227. The van der Waals surface area contributed by atoms with Crippen molar-refractivity contribution >= 4 is 15.7 Å². The molecule has 0 unspecified atom stereocenters. The van der Waals surface area contributed by atoms with Gasteiger partial charge in [0.05, 0.1) is 28.0 Å². The summed E-state index contributed by atoms with van der Waals surface area (Å²) in [7, 11) is -3.72. The summed E-state index contributed by atoms with van der Waals surface area (Å²) in [6.45, 7) is 2.24. The van der Waals surface area contributed by atoms with Gasteiger partial charge >= 0.3 is 6.18 Å². The van der Waals surface area contributed by atoms with Crippen molar-refractivity contribution in [1.82, 2.24) is 4.98 Å². The van der Waals surface area contributed by atoms with Gasteiger partial charge in [-0.3, -0.25) is 9.29 Å². The molecule has 2 heterocycles. The van der Waals surface area contributed by atoms with E-state index in [2.05, 4.69) is 4.98 Å². The van der Waals surface area contributed by atoms with Crippen LogP contribution in [0.25, 0.3) is 11.3 Å². The summed E-state index contributed by atoms with van der Waals surface area (Å²) in [4.78, 5) is 4.55. The number of alkyl halides is 3. The summed E-state index contributed by atoms with van der Waals surface area (Å²) in [5.41, 5.74) is 2.62. The largest absolute Gasteiger partial charge is 0.416 e. The van der Waals surface area contributed by atoms with E-state index in [1.54, 1.807) is 30.3 Å². The molecule has 0 saturated carbocycles. The molecule has 4 nitrogen and oxygen atoms in total. The number of aryl methyl sites for hydroxylation is 2. The number of fused-ring (bicyclic) bond motifs is 1. The minimum atomic E-state index is -4.40. The van der Waals surface area contributed by atoms with E-state index in [0.29, 0.717) is 36.3 Å². The zero-order valence-electron chi connectivity index (χ0n) is 16.1. The maximum Gasteiger partial charge on any atom is 0.416 e. The molecule has 30 heavy (non-hydrogen) atoms. The maximum absolute atomic E-state index is 13.1. The number of anilines is 1. The molecule has 0 aliphatic carbocycles. The number of nitrogens with zero attached hydrogens (tertiary/aromatic N) is 2. The van der Waals surface area contributed by atoms with Gasteiger partial charge in [0, 0.05) is 12.1 Å². The normalized spacial score (nSPS) is 14.5. The van der Waals surface area contributed by atoms with E-state index in [-0.39, 0.29) is 4.90 Å². The Bertz CT molecular complexity index is 1170. The van der Waals surface area contributed by atoms with Crippen molar-refractivity contribution in [3.63, 3.8) is 0 Å². The van der Waals surface area contributed by atoms with Crippen LogP contribution in [0.4, 0.5) is 18.9 Å². The number of hydrogen-bond acceptors (Lipinski definition) is 3. The van der Waals surface area contributed by atoms with Gasteiger partial charge in [0.1, 0.15) is 0 Å². The Hall–Kier alpha value is -2.87. The molecule has 0 radical (unpaired) electrons. The predicted octanol–water partition coefficient (Wildman–Crippen LogP) is 5.22. The molecule has 0 N–H and O–H groups in total. The minimum absolute atomic E-state index is 0.216. The Balaban J connectivity index is 1.68. The van der Waals surface area contributed by atoms with Gasteiger partial charge in [-0.2, -0.15) is 13.2 Å². The van der Waals surface area contributed by atoms with Crippen LogP contribution in [-0.4, -0.2) is 19.9 Å². The molecule has 0 atom stereocenters. The number of aromatic nitrogens is 1. The first kappa shape index (κ1) is 20.4. The fourth-order valence-corrected chi connectivity index (χ4v) is 5.05. The second kappa shape index (κ2) is 7.43. The van der Waals surface area contributed by atoms with Gasteiger partial charge in [-0.15, -0.1) is 0 Å². The summed E-state index contributed by atoms with van der Waals surface area (Å²) < 4.78 is 66.0. The van der Waals surface area contributed by atoms with Crippen LogP contribution in [0.2, 0.25) is 0 Å². The van der Waals surface area contributed by atoms with Gasteiger partial charge < -0.3 is 0 Å². The van der Waals surface area contributed by atoms with Crippen molar-refractivity contribution in [1.29, 1.82) is 0 Å². The van der Waals surface area contributed by atoms with Crippen LogP contribution in [0, 0.1) is 6.92 Å². The highest BCUT2D eigenvalue weighted by molar-refractivity contribution is 7.92. The lowest BCUT2D eigenvalue weighted by Crippen LogP contribution is -2.35. The maximum atomic E-state index is 13.1. The third-order valence-corrected chi connectivity index (χ3v) is 6.99. The lowest BCUT2D eigenvalue weighted by atomic mass is 10.0. The number of hydrogen-bond donors (Lipinski definition) is 0. The van der Waals surface area contributed by atoms with Crippen LogP contribution in [0.5, 0.6) is 0 Å². The van der Waals surface area contributed by atoms with Crippen LogP contribution in [0.15, 0.2) is 65.7 Å². The van der Waals surface area contributed by atoms with E-state index in [0.717, 1.165) is 23.3 Å². The predicted molar refractivity (Wildman–Crippen MR) is 109 cm³/mol. The smallest absolute Gasteiger partial charge is 0.264 e. The zero-order valence-corrected chi connectivity index (χ0v) is 17.0. The number of sulfonamides is 1. The lowest BCUT2D eigenvalue weighted by Gasteiger charge is -2.30. The van der Waals surface area contributed by atoms with Crippen LogP contribution in [0.1, 0.15) is 23.1 Å². The molecule has 0 amide bonds. The van der Waals surface area contributed by atoms with Crippen LogP contribution >= 0.6 is 0 Å². The highest BCUT2D eigenvalue weighted by Gasteiger charge is 2.31. The van der Waals surface area contributed by atoms with Crippen LogP contribution in [-0.2, 0) is 22.6 Å². The summed E-state index contributed by atoms with van der Waals surface area (Å²) >= 11 is 0. The Kier molecular flexibility index (Phi) is 5.05. The van der Waals surface area contributed by atoms with Crippen molar-refractivity contribution in [2.75, 3.05) is 10.8 Å². The molecule has 0 fully saturated rings. The Morgan fingerprint density at radius 2 is 1.67 bits per heavy atom. The molecular weight excluding hydrogens is 413 g/mol. The van der Waals surface area contributed by atoms with E-state index in [4.69, 9.17) is 0 Å². The third-order valence-electron chi connectivity index (χ3n) is 5.16. The van der Waals surface area contributed by atoms with Gasteiger partial charge in [-0.05, 0) is 55.7 Å². The highest BCUT2D eigenvalue weighted by Crippen LogP contribution is 2.35. The molecule has 2 aromatic carbocycles. The average Bonchev–Trinajstić information content (AvgIpc) is 2.72. The average molecular weight is 432 g/mol. The molecule has 0 saturated heterocycles. The molecule has 0 bridgehead atoms. The number of rotatable bonds is 3. The van der Waals surface area contributed by atoms with E-state index in [1.165, 1.54) is 22.6 Å². The minimum Gasteiger partial charge on any atom is -0.264 e. The topological polar surface area (TPSA) is 50.3 Å². The number of benzene rings is 2. The first-order valence-electron chi connectivity index (χ1n) is 9.42. The quantitative estimate of drug-likeness (QED) is 0.570. The second-order valence-electron chi connectivity index (χ2n) is 7.27. The lowest BCUT2D eigenvalue weighted by molar-refractivity contribution is -0.137. The standard InChI is InChI=1S/C22H19F3N2O2S/c1-15-4-10-19(11-5-15)30(28,29)27-12-2-3-17-13-20(26-14-21(17)27)16-6-8-18(9-7-16)22(23,24)25/h4-11,13-14H,2-3,12H2,1H3. The Labute approximate surface area is 173 Å². The Morgan fingerprint density at radius 3 is 2.30 bits per heavy atom. The summed E-state index contributed by atoms with van der Waals surface area (Å²) in [6.07, 6.45) is -1.58. The van der Waals surface area contributed by atoms with Crippen LogP contribution in [0.3, 0.4) is 0 Å². The number of halogens is 3.